The van der Waals surface area contributed by atoms with Gasteiger partial charge in [0.1, 0.15) is 9.88 Å². The van der Waals surface area contributed by atoms with Gasteiger partial charge in [0.15, 0.2) is 6.61 Å². The van der Waals surface area contributed by atoms with Crippen molar-refractivity contribution in [2.75, 3.05) is 18.1 Å². The molecule has 0 bridgehead atoms. The number of esters is 1. The van der Waals surface area contributed by atoms with Gasteiger partial charge in [-0.2, -0.15) is 5.26 Å². The standard InChI is InChI=1S/C20H17N3O3S2/c1-14-18(28-19(22-14)16-9-5-12-27-16)20(25)26-13-17(24)23(11-6-10-21)15-7-3-2-4-8-15/h2-5,7-9,12H,6,11,13H2,1H3. The largest absolute Gasteiger partial charge is 0.451 e. The van der Waals surface area contributed by atoms with Crippen LogP contribution in [0.5, 0.6) is 0 Å². The molecule has 3 aromatic rings. The Morgan fingerprint density at radius 3 is 2.68 bits per heavy atom. The highest BCUT2D eigenvalue weighted by molar-refractivity contribution is 7.22. The van der Waals surface area contributed by atoms with E-state index in [4.69, 9.17) is 10.00 Å². The zero-order valence-corrected chi connectivity index (χ0v) is 16.8. The molecule has 0 atom stereocenters. The predicted molar refractivity (Wildman–Crippen MR) is 109 cm³/mol. The van der Waals surface area contributed by atoms with E-state index in [0.29, 0.717) is 16.3 Å². The fourth-order valence-corrected chi connectivity index (χ4v) is 4.29. The predicted octanol–water partition coefficient (Wildman–Crippen LogP) is 4.28. The third kappa shape index (κ3) is 4.63. The van der Waals surface area contributed by atoms with E-state index in [-0.39, 0.29) is 18.9 Å². The maximum atomic E-state index is 12.6. The first-order valence-electron chi connectivity index (χ1n) is 8.51. The number of nitriles is 1. The van der Waals surface area contributed by atoms with Crippen molar-refractivity contribution in [1.82, 2.24) is 4.98 Å². The highest BCUT2D eigenvalue weighted by Gasteiger charge is 2.21. The molecule has 0 saturated carbocycles. The molecule has 3 rings (SSSR count). The van der Waals surface area contributed by atoms with E-state index in [9.17, 15) is 9.59 Å². The lowest BCUT2D eigenvalue weighted by Gasteiger charge is -2.21. The number of thiazole rings is 1. The number of para-hydroxylation sites is 1. The van der Waals surface area contributed by atoms with Gasteiger partial charge < -0.3 is 9.64 Å². The SMILES string of the molecule is Cc1nc(-c2cccs2)sc1C(=O)OCC(=O)N(CCC#N)c1ccccc1. The van der Waals surface area contributed by atoms with Crippen LogP contribution in [-0.4, -0.2) is 30.0 Å². The monoisotopic (exact) mass is 411 g/mol. The maximum Gasteiger partial charge on any atom is 0.350 e. The molecule has 2 aromatic heterocycles. The molecule has 0 N–H and O–H groups in total. The first kappa shape index (κ1) is 19.7. The summed E-state index contributed by atoms with van der Waals surface area (Å²) in [7, 11) is 0. The number of carbonyl (C=O) groups excluding carboxylic acids is 2. The van der Waals surface area contributed by atoms with E-state index >= 15 is 0 Å². The Labute approximate surface area is 170 Å². The Bertz CT molecular complexity index is 992. The minimum absolute atomic E-state index is 0.187. The van der Waals surface area contributed by atoms with Gasteiger partial charge in [-0.3, -0.25) is 4.79 Å². The quantitative estimate of drug-likeness (QED) is 0.542. The maximum absolute atomic E-state index is 12.6. The molecule has 6 nitrogen and oxygen atoms in total. The lowest BCUT2D eigenvalue weighted by molar-refractivity contribution is -0.121. The molecule has 2 heterocycles. The molecule has 28 heavy (non-hydrogen) atoms. The smallest absolute Gasteiger partial charge is 0.350 e. The Morgan fingerprint density at radius 1 is 1.21 bits per heavy atom. The number of thiophene rings is 1. The van der Waals surface area contributed by atoms with Crippen molar-refractivity contribution in [3.63, 3.8) is 0 Å². The average molecular weight is 412 g/mol. The molecule has 1 amide bonds. The van der Waals surface area contributed by atoms with Crippen LogP contribution in [0.25, 0.3) is 9.88 Å². The van der Waals surface area contributed by atoms with Crippen LogP contribution in [0.4, 0.5) is 5.69 Å². The fourth-order valence-electron chi connectivity index (χ4n) is 2.53. The van der Waals surface area contributed by atoms with Gasteiger partial charge in [-0.25, -0.2) is 9.78 Å². The van der Waals surface area contributed by atoms with Crippen LogP contribution in [0.2, 0.25) is 0 Å². The first-order valence-corrected chi connectivity index (χ1v) is 10.2. The van der Waals surface area contributed by atoms with Crippen LogP contribution in [-0.2, 0) is 9.53 Å². The van der Waals surface area contributed by atoms with Gasteiger partial charge in [-0.05, 0) is 30.5 Å². The molecule has 0 fully saturated rings. The van der Waals surface area contributed by atoms with Crippen molar-refractivity contribution in [3.05, 3.63) is 58.4 Å². The summed E-state index contributed by atoms with van der Waals surface area (Å²) in [5, 5.41) is 11.5. The van der Waals surface area contributed by atoms with E-state index in [0.717, 1.165) is 9.88 Å². The van der Waals surface area contributed by atoms with Gasteiger partial charge in [0.05, 0.1) is 23.1 Å². The zero-order chi connectivity index (χ0) is 19.9. The van der Waals surface area contributed by atoms with Crippen molar-refractivity contribution < 1.29 is 14.3 Å². The van der Waals surface area contributed by atoms with E-state index < -0.39 is 12.6 Å². The third-order valence-electron chi connectivity index (χ3n) is 3.86. The Morgan fingerprint density at radius 2 is 2.00 bits per heavy atom. The van der Waals surface area contributed by atoms with E-state index in [1.165, 1.54) is 16.2 Å². The summed E-state index contributed by atoms with van der Waals surface area (Å²) in [5.41, 5.74) is 1.24. The number of benzene rings is 1. The lowest BCUT2D eigenvalue weighted by atomic mass is 10.2. The first-order chi connectivity index (χ1) is 13.6. The Hall–Kier alpha value is -3.02. The van der Waals surface area contributed by atoms with Crippen LogP contribution < -0.4 is 4.90 Å². The van der Waals surface area contributed by atoms with E-state index in [2.05, 4.69) is 4.98 Å². The van der Waals surface area contributed by atoms with Crippen molar-refractivity contribution >= 4 is 40.2 Å². The molecule has 8 heteroatoms. The second-order valence-electron chi connectivity index (χ2n) is 5.78. The summed E-state index contributed by atoms with van der Waals surface area (Å²) in [6.07, 6.45) is 0.187. The number of anilines is 1. The number of rotatable bonds is 7. The average Bonchev–Trinajstić information content (AvgIpc) is 3.37. The highest BCUT2D eigenvalue weighted by atomic mass is 32.1. The van der Waals surface area contributed by atoms with Crippen LogP contribution in [0.3, 0.4) is 0 Å². The number of nitrogens with zero attached hydrogens (tertiary/aromatic N) is 3. The van der Waals surface area contributed by atoms with Gasteiger partial charge in [-0.1, -0.05) is 24.3 Å². The molecule has 1 aromatic carbocycles. The topological polar surface area (TPSA) is 83.3 Å². The van der Waals surface area contributed by atoms with Crippen LogP contribution in [0.15, 0.2) is 47.8 Å². The highest BCUT2D eigenvalue weighted by Crippen LogP contribution is 2.31. The van der Waals surface area contributed by atoms with E-state index in [1.807, 2.05) is 29.6 Å². The van der Waals surface area contributed by atoms with Crippen molar-refractivity contribution in [1.29, 1.82) is 5.26 Å². The molecule has 0 saturated heterocycles. The van der Waals surface area contributed by atoms with Gasteiger partial charge in [0, 0.05) is 12.2 Å². The number of aryl methyl sites for hydroxylation is 1. The van der Waals surface area contributed by atoms with Crippen LogP contribution >= 0.6 is 22.7 Å². The molecule has 142 valence electrons. The zero-order valence-electron chi connectivity index (χ0n) is 15.1. The van der Waals surface area contributed by atoms with Gasteiger partial charge in [-0.15, -0.1) is 22.7 Å². The fraction of sp³-hybridized carbons (Fsp3) is 0.200. The number of amides is 1. The molecular weight excluding hydrogens is 394 g/mol. The molecule has 0 unspecified atom stereocenters. The van der Waals surface area contributed by atoms with Crippen molar-refractivity contribution in [2.45, 2.75) is 13.3 Å². The lowest BCUT2D eigenvalue weighted by Crippen LogP contribution is -2.35. The second kappa shape index (κ2) is 9.26. The molecule has 0 spiro atoms. The number of aromatic nitrogens is 1. The Kier molecular flexibility index (Phi) is 6.53. The summed E-state index contributed by atoms with van der Waals surface area (Å²) in [6.45, 7) is 1.58. The summed E-state index contributed by atoms with van der Waals surface area (Å²) < 4.78 is 5.24. The number of hydrogen-bond donors (Lipinski definition) is 0. The normalized spacial score (nSPS) is 10.3. The molecule has 0 aliphatic carbocycles. The molecular formula is C20H17N3O3S2. The number of ether oxygens (including phenoxy) is 1. The molecule has 0 aliphatic heterocycles. The van der Waals surface area contributed by atoms with Gasteiger partial charge >= 0.3 is 5.97 Å². The van der Waals surface area contributed by atoms with Gasteiger partial charge in [0.2, 0.25) is 0 Å². The summed E-state index contributed by atoms with van der Waals surface area (Å²) in [5.74, 6) is -0.949. The number of carbonyl (C=O) groups is 2. The Balaban J connectivity index is 1.67. The summed E-state index contributed by atoms with van der Waals surface area (Å²) in [6, 6.07) is 14.9. The number of hydrogen-bond acceptors (Lipinski definition) is 7. The summed E-state index contributed by atoms with van der Waals surface area (Å²) >= 11 is 2.80. The van der Waals surface area contributed by atoms with Crippen molar-refractivity contribution in [2.24, 2.45) is 0 Å². The summed E-state index contributed by atoms with van der Waals surface area (Å²) in [4.78, 5) is 32.3. The third-order valence-corrected chi connectivity index (χ3v) is 6.03. The van der Waals surface area contributed by atoms with Crippen LogP contribution in [0.1, 0.15) is 21.8 Å². The van der Waals surface area contributed by atoms with E-state index in [1.54, 1.807) is 42.5 Å². The van der Waals surface area contributed by atoms with Crippen molar-refractivity contribution in [3.8, 4) is 16.0 Å². The molecule has 0 radical (unpaired) electrons. The second-order valence-corrected chi connectivity index (χ2v) is 7.72. The minimum atomic E-state index is -0.570. The molecule has 0 aliphatic rings. The van der Waals surface area contributed by atoms with Gasteiger partial charge in [0.25, 0.3) is 5.91 Å². The minimum Gasteiger partial charge on any atom is -0.451 e. The van der Waals surface area contributed by atoms with Crippen LogP contribution in [0, 0.1) is 18.3 Å².